The van der Waals surface area contributed by atoms with E-state index in [0.29, 0.717) is 19.3 Å². The molecule has 3 fully saturated rings. The third kappa shape index (κ3) is 6.74. The molecule has 0 atom stereocenters. The zero-order valence-corrected chi connectivity index (χ0v) is 21.3. The molecule has 1 aliphatic carbocycles. The quantitative estimate of drug-likeness (QED) is 0.566. The molecule has 3 heterocycles. The van der Waals surface area contributed by atoms with Crippen molar-refractivity contribution in [2.75, 3.05) is 69.3 Å². The van der Waals surface area contributed by atoms with Crippen molar-refractivity contribution >= 4 is 29.0 Å². The molecular formula is C25H36ClN7O2. The van der Waals surface area contributed by atoms with Crippen LogP contribution in [-0.2, 0) is 22.8 Å². The molecule has 190 valence electrons. The number of hydrogen-bond donors (Lipinski definition) is 1. The van der Waals surface area contributed by atoms with Crippen LogP contribution < -0.4 is 10.2 Å². The van der Waals surface area contributed by atoms with Gasteiger partial charge in [-0.15, -0.1) is 0 Å². The molecule has 5 rings (SSSR count). The average Bonchev–Trinajstić information content (AvgIpc) is 3.61. The second-order valence-corrected chi connectivity index (χ2v) is 10.2. The maximum atomic E-state index is 11.1. The molecule has 2 saturated heterocycles. The summed E-state index contributed by atoms with van der Waals surface area (Å²) >= 11 is 6.41. The van der Waals surface area contributed by atoms with Gasteiger partial charge in [0.2, 0.25) is 5.91 Å². The summed E-state index contributed by atoms with van der Waals surface area (Å²) in [5.41, 5.74) is 2.67. The van der Waals surface area contributed by atoms with Crippen LogP contribution in [0.1, 0.15) is 25.3 Å². The molecule has 2 aromatic rings. The summed E-state index contributed by atoms with van der Waals surface area (Å²) in [4.78, 5) is 21.1. The van der Waals surface area contributed by atoms with Crippen LogP contribution in [0.5, 0.6) is 0 Å². The Balaban J connectivity index is 1.07. The molecule has 1 saturated carbocycles. The van der Waals surface area contributed by atoms with Crippen LogP contribution in [0.25, 0.3) is 0 Å². The standard InChI is InChI=1S/C25H36ClN7O2/c1-20(34)27-25-6-7-33(28-25)19-35-18-30-10-8-29(9-11-30)17-21-2-3-22(26)16-24(21)32-14-12-31(13-15-32)23-4-5-23/h2-3,6-7,16,23H,4-5,8-15,17-19H2,1H3,(H,27,28,34). The second-order valence-electron chi connectivity index (χ2n) is 9.81. The van der Waals surface area contributed by atoms with Crippen molar-refractivity contribution < 1.29 is 9.53 Å². The number of benzene rings is 1. The first kappa shape index (κ1) is 24.5. The highest BCUT2D eigenvalue weighted by atomic mass is 35.5. The summed E-state index contributed by atoms with van der Waals surface area (Å²) < 4.78 is 7.53. The Bertz CT molecular complexity index is 995. The number of carbonyl (C=O) groups excluding carboxylic acids is 1. The van der Waals surface area contributed by atoms with Gasteiger partial charge in [0.25, 0.3) is 0 Å². The minimum absolute atomic E-state index is 0.129. The fourth-order valence-electron chi connectivity index (χ4n) is 4.99. The molecule has 1 aromatic carbocycles. The van der Waals surface area contributed by atoms with E-state index in [0.717, 1.165) is 70.0 Å². The highest BCUT2D eigenvalue weighted by Crippen LogP contribution is 2.31. The van der Waals surface area contributed by atoms with Crippen molar-refractivity contribution in [1.82, 2.24) is 24.5 Å². The van der Waals surface area contributed by atoms with Crippen molar-refractivity contribution in [3.63, 3.8) is 0 Å². The van der Waals surface area contributed by atoms with E-state index in [4.69, 9.17) is 16.3 Å². The normalized spacial score (nSPS) is 20.3. The molecule has 10 heteroatoms. The minimum Gasteiger partial charge on any atom is -0.369 e. The van der Waals surface area contributed by atoms with Crippen LogP contribution in [0.15, 0.2) is 30.5 Å². The highest BCUT2D eigenvalue weighted by Gasteiger charge is 2.31. The van der Waals surface area contributed by atoms with E-state index in [1.54, 1.807) is 16.9 Å². The van der Waals surface area contributed by atoms with Gasteiger partial charge in [-0.2, -0.15) is 5.10 Å². The van der Waals surface area contributed by atoms with E-state index < -0.39 is 0 Å². The van der Waals surface area contributed by atoms with Gasteiger partial charge in [0.1, 0.15) is 13.5 Å². The fourth-order valence-corrected chi connectivity index (χ4v) is 5.16. The van der Waals surface area contributed by atoms with Crippen molar-refractivity contribution in [3.8, 4) is 0 Å². The Kier molecular flexibility index (Phi) is 7.89. The van der Waals surface area contributed by atoms with Crippen molar-refractivity contribution in [3.05, 3.63) is 41.0 Å². The summed E-state index contributed by atoms with van der Waals surface area (Å²) in [7, 11) is 0. The topological polar surface area (TPSA) is 69.1 Å². The fraction of sp³-hybridized carbons (Fsp3) is 0.600. The van der Waals surface area contributed by atoms with Gasteiger partial charge >= 0.3 is 0 Å². The number of ether oxygens (including phenoxy) is 1. The molecular weight excluding hydrogens is 466 g/mol. The van der Waals surface area contributed by atoms with Gasteiger partial charge < -0.3 is 15.0 Å². The Morgan fingerprint density at radius 3 is 2.49 bits per heavy atom. The number of halogens is 1. The molecule has 1 N–H and O–H groups in total. The zero-order chi connectivity index (χ0) is 24.2. The summed E-state index contributed by atoms with van der Waals surface area (Å²) in [6.45, 7) is 11.8. The molecule has 3 aliphatic rings. The third-order valence-electron chi connectivity index (χ3n) is 7.07. The average molecular weight is 502 g/mol. The molecule has 9 nitrogen and oxygen atoms in total. The summed E-state index contributed by atoms with van der Waals surface area (Å²) in [6, 6.07) is 9.00. The monoisotopic (exact) mass is 501 g/mol. The Morgan fingerprint density at radius 2 is 1.77 bits per heavy atom. The highest BCUT2D eigenvalue weighted by molar-refractivity contribution is 6.30. The van der Waals surface area contributed by atoms with Gasteiger partial charge in [0.15, 0.2) is 5.82 Å². The van der Waals surface area contributed by atoms with E-state index in [-0.39, 0.29) is 5.91 Å². The lowest BCUT2D eigenvalue weighted by atomic mass is 10.1. The van der Waals surface area contributed by atoms with Gasteiger partial charge in [-0.3, -0.25) is 19.5 Å². The maximum Gasteiger partial charge on any atom is 0.222 e. The van der Waals surface area contributed by atoms with Crippen LogP contribution in [0, 0.1) is 0 Å². The molecule has 0 spiro atoms. The number of rotatable bonds is 9. The number of hydrogen-bond acceptors (Lipinski definition) is 7. The Morgan fingerprint density at radius 1 is 1.03 bits per heavy atom. The van der Waals surface area contributed by atoms with E-state index in [1.807, 2.05) is 6.07 Å². The van der Waals surface area contributed by atoms with Gasteiger partial charge in [0.05, 0.1) is 0 Å². The number of piperazine rings is 2. The molecule has 35 heavy (non-hydrogen) atoms. The lowest BCUT2D eigenvalue weighted by Crippen LogP contribution is -2.48. The summed E-state index contributed by atoms with van der Waals surface area (Å²) in [5, 5.41) is 7.77. The van der Waals surface area contributed by atoms with E-state index in [9.17, 15) is 4.79 Å². The first-order valence-electron chi connectivity index (χ1n) is 12.6. The largest absolute Gasteiger partial charge is 0.369 e. The number of amides is 1. The SMILES string of the molecule is CC(=O)Nc1ccn(COCN2CCN(Cc3ccc(Cl)cc3N3CCN(C4CC4)CC3)CC2)n1. The van der Waals surface area contributed by atoms with Crippen LogP contribution in [-0.4, -0.2) is 95.5 Å². The van der Waals surface area contributed by atoms with Crippen LogP contribution in [0.2, 0.25) is 5.02 Å². The zero-order valence-electron chi connectivity index (χ0n) is 20.5. The first-order valence-corrected chi connectivity index (χ1v) is 13.0. The van der Waals surface area contributed by atoms with E-state index >= 15 is 0 Å². The van der Waals surface area contributed by atoms with E-state index in [2.05, 4.69) is 42.1 Å². The van der Waals surface area contributed by atoms with Crippen molar-refractivity contribution in [2.45, 2.75) is 39.1 Å². The van der Waals surface area contributed by atoms with Crippen LogP contribution >= 0.6 is 11.6 Å². The van der Waals surface area contributed by atoms with Crippen LogP contribution in [0.4, 0.5) is 11.5 Å². The Labute approximate surface area is 212 Å². The third-order valence-corrected chi connectivity index (χ3v) is 7.30. The first-order chi connectivity index (χ1) is 17.0. The lowest BCUT2D eigenvalue weighted by molar-refractivity contribution is -0.114. The lowest BCUT2D eigenvalue weighted by Gasteiger charge is -2.38. The molecule has 0 radical (unpaired) electrons. The van der Waals surface area contributed by atoms with Gasteiger partial charge in [-0.25, -0.2) is 4.68 Å². The predicted molar refractivity (Wildman–Crippen MR) is 138 cm³/mol. The Hall–Kier alpha value is -2.17. The van der Waals surface area contributed by atoms with Crippen molar-refractivity contribution in [1.29, 1.82) is 0 Å². The maximum absolute atomic E-state index is 11.1. The number of aromatic nitrogens is 2. The molecule has 0 bridgehead atoms. The van der Waals surface area contributed by atoms with Gasteiger partial charge in [0, 0.05) is 94.8 Å². The van der Waals surface area contributed by atoms with Crippen LogP contribution in [0.3, 0.4) is 0 Å². The predicted octanol–water partition coefficient (Wildman–Crippen LogP) is 2.53. The molecule has 1 amide bonds. The van der Waals surface area contributed by atoms with E-state index in [1.165, 1.54) is 31.0 Å². The number of nitrogens with one attached hydrogen (secondary N) is 1. The molecule has 2 aliphatic heterocycles. The number of nitrogens with zero attached hydrogens (tertiary/aromatic N) is 6. The minimum atomic E-state index is -0.129. The van der Waals surface area contributed by atoms with Crippen molar-refractivity contribution in [2.24, 2.45) is 0 Å². The second kappa shape index (κ2) is 11.3. The number of anilines is 2. The molecule has 1 aromatic heterocycles. The summed E-state index contributed by atoms with van der Waals surface area (Å²) in [5.74, 6) is 0.414. The summed E-state index contributed by atoms with van der Waals surface area (Å²) in [6.07, 6.45) is 4.56. The van der Waals surface area contributed by atoms with Gasteiger partial charge in [-0.1, -0.05) is 17.7 Å². The number of carbonyl (C=O) groups is 1. The smallest absolute Gasteiger partial charge is 0.222 e. The van der Waals surface area contributed by atoms with Gasteiger partial charge in [-0.05, 0) is 30.5 Å². The molecule has 0 unspecified atom stereocenters.